The third kappa shape index (κ3) is 5.79. The van der Waals surface area contributed by atoms with Crippen LogP contribution in [0.25, 0.3) is 5.65 Å². The number of carbonyl (C=O) groups is 4. The quantitative estimate of drug-likeness (QED) is 0.0389. The van der Waals surface area contributed by atoms with Gasteiger partial charge in [-0.05, 0) is 19.1 Å². The molecule has 0 aromatic carbocycles. The molecule has 220 valence electrons. The van der Waals surface area contributed by atoms with Gasteiger partial charge in [-0.15, -0.1) is 23.1 Å². The molecule has 1 fully saturated rings. The molecule has 0 saturated carbocycles. The van der Waals surface area contributed by atoms with Crippen LogP contribution in [-0.2, 0) is 30.6 Å². The van der Waals surface area contributed by atoms with Crippen molar-refractivity contribution in [1.29, 1.82) is 0 Å². The zero-order valence-corrected chi connectivity index (χ0v) is 24.7. The van der Waals surface area contributed by atoms with Crippen LogP contribution in [0.2, 0.25) is 0 Å². The number of aromatic nitrogens is 3. The Morgan fingerprint density at radius 3 is 2.95 bits per heavy atom. The molecule has 3 aromatic rings. The van der Waals surface area contributed by atoms with Gasteiger partial charge in [-0.25, -0.2) is 14.3 Å². The lowest BCUT2D eigenvalue weighted by molar-refractivity contribution is -0.662. The first-order valence-electron chi connectivity index (χ1n) is 12.8. The molecular weight excluding hydrogens is 605 g/mol. The second-order valence-corrected chi connectivity index (χ2v) is 12.1. The fourth-order valence-electron chi connectivity index (χ4n) is 4.57. The van der Waals surface area contributed by atoms with Gasteiger partial charge in [-0.2, -0.15) is 4.40 Å². The lowest BCUT2D eigenvalue weighted by Gasteiger charge is -2.49. The number of carbonyl (C=O) groups excluding carboxylic acids is 3. The molecule has 5 rings (SSSR count). The molecule has 0 bridgehead atoms. The van der Waals surface area contributed by atoms with Gasteiger partial charge in [-0.3, -0.25) is 19.3 Å². The second-order valence-electron chi connectivity index (χ2n) is 8.99. The van der Waals surface area contributed by atoms with Crippen LogP contribution >= 0.6 is 34.9 Å². The third-order valence-electron chi connectivity index (χ3n) is 6.40. The van der Waals surface area contributed by atoms with Crippen LogP contribution < -0.4 is 20.9 Å². The first kappa shape index (κ1) is 29.4. The number of nitrogens with one attached hydrogen (secondary N) is 2. The molecule has 14 nitrogen and oxygen atoms in total. The van der Waals surface area contributed by atoms with E-state index in [1.54, 1.807) is 24.1 Å². The number of thiazole rings is 1. The van der Waals surface area contributed by atoms with Crippen molar-refractivity contribution < 1.29 is 33.7 Å². The summed E-state index contributed by atoms with van der Waals surface area (Å²) in [4.78, 5) is 59.6. The number of imidazole rings is 1. The van der Waals surface area contributed by atoms with Crippen LogP contribution in [0.1, 0.15) is 12.6 Å². The van der Waals surface area contributed by atoms with Gasteiger partial charge >= 0.3 is 5.97 Å². The number of carboxylic acids is 1. The van der Waals surface area contributed by atoms with Gasteiger partial charge in [-0.1, -0.05) is 16.9 Å². The van der Waals surface area contributed by atoms with E-state index >= 15 is 0 Å². The minimum absolute atomic E-state index is 0.0814. The van der Waals surface area contributed by atoms with Crippen molar-refractivity contribution >= 4 is 75.5 Å². The maximum absolute atomic E-state index is 13.2. The second kappa shape index (κ2) is 12.8. The summed E-state index contributed by atoms with van der Waals surface area (Å²) in [5.41, 5.74) is 7.13. The Morgan fingerprint density at radius 2 is 2.24 bits per heavy atom. The summed E-state index contributed by atoms with van der Waals surface area (Å²) in [6.45, 7) is 2.72. The highest BCUT2D eigenvalue weighted by atomic mass is 32.2. The van der Waals surface area contributed by atoms with E-state index in [1.165, 1.54) is 16.7 Å². The van der Waals surface area contributed by atoms with E-state index in [2.05, 4.69) is 20.8 Å². The number of carboxylic acid groups (broad SMARTS) is 1. The van der Waals surface area contributed by atoms with Crippen LogP contribution in [-0.4, -0.2) is 85.4 Å². The van der Waals surface area contributed by atoms with Crippen molar-refractivity contribution in [3.05, 3.63) is 52.9 Å². The van der Waals surface area contributed by atoms with Crippen LogP contribution in [0.4, 0.5) is 5.13 Å². The number of β-lactam (4-membered cyclic amide) rings is 1. The van der Waals surface area contributed by atoms with E-state index in [0.717, 1.165) is 22.0 Å². The number of anilines is 1. The van der Waals surface area contributed by atoms with Crippen LogP contribution in [0.3, 0.4) is 0 Å². The molecule has 3 amide bonds. The summed E-state index contributed by atoms with van der Waals surface area (Å²) >= 11 is 4.09. The van der Waals surface area contributed by atoms with E-state index in [0.29, 0.717) is 30.0 Å². The first-order chi connectivity index (χ1) is 20.3. The van der Waals surface area contributed by atoms with E-state index in [4.69, 9.17) is 10.6 Å². The number of thioether (sulfide) groups is 2. The molecule has 17 heteroatoms. The van der Waals surface area contributed by atoms with E-state index in [1.807, 2.05) is 39.6 Å². The van der Waals surface area contributed by atoms with Gasteiger partial charge in [0, 0.05) is 35.1 Å². The Morgan fingerprint density at radius 1 is 1.40 bits per heavy atom. The van der Waals surface area contributed by atoms with Crippen molar-refractivity contribution in [3.8, 4) is 0 Å². The van der Waals surface area contributed by atoms with Crippen LogP contribution in [0.5, 0.6) is 0 Å². The lowest BCUT2D eigenvalue weighted by atomic mass is 10.0. The highest BCUT2D eigenvalue weighted by molar-refractivity contribution is 8.00. The molecule has 0 aliphatic carbocycles. The highest BCUT2D eigenvalue weighted by Crippen LogP contribution is 2.40. The molecule has 42 heavy (non-hydrogen) atoms. The summed E-state index contributed by atoms with van der Waals surface area (Å²) in [7, 11) is 0. The summed E-state index contributed by atoms with van der Waals surface area (Å²) in [5, 5.41) is 21.5. The largest absolute Gasteiger partial charge is 0.477 e. The highest BCUT2D eigenvalue weighted by Gasteiger charge is 2.54. The number of nitrogens with zero attached hydrogens (tertiary/aromatic N) is 5. The number of hydrogen-bond acceptors (Lipinski definition) is 11. The molecule has 2 aliphatic rings. The molecule has 1 saturated heterocycles. The summed E-state index contributed by atoms with van der Waals surface area (Å²) < 4.78 is 3.91. The minimum Gasteiger partial charge on any atom is -0.477 e. The molecule has 3 aromatic heterocycles. The fourth-order valence-corrected chi connectivity index (χ4v) is 7.35. The normalized spacial score (nSPS) is 18.5. The zero-order chi connectivity index (χ0) is 29.8. The van der Waals surface area contributed by atoms with Crippen LogP contribution in [0.15, 0.2) is 57.4 Å². The number of nitrogens with two attached hydrogens (primary N) is 1. The third-order valence-corrected chi connectivity index (χ3v) is 9.45. The fraction of sp³-hybridized carbons (Fsp3) is 0.320. The van der Waals surface area contributed by atoms with Crippen molar-refractivity contribution in [2.45, 2.75) is 29.9 Å². The average Bonchev–Trinajstić information content (AvgIpc) is 3.60. The predicted octanol–water partition coefficient (Wildman–Crippen LogP) is 0.283. The molecule has 0 radical (unpaired) electrons. The standard InChI is InChI=1S/C25H26N8O6S3/c1-2-39-30-18(15-12-42-25(26)28-15)21(35)29-19-22(36)33-20(24(37)38)14(11-41-23(19)33)10-31-7-8-32-16(31)4-3-5-17(32)40-9-6-27-13-34/h3-5,7-8,12-13,19,23H,2,6,9-11H2,1H3,(H4-,26,27,28,29,34,35,37,38)/p+1/b30-18-/t19-,23-/m1/s1. The number of nitrogen functional groups attached to an aromatic ring is 1. The van der Waals surface area contributed by atoms with Gasteiger partial charge in [0.05, 0.1) is 0 Å². The van der Waals surface area contributed by atoms with Gasteiger partial charge in [0.25, 0.3) is 17.5 Å². The Balaban J connectivity index is 1.34. The Hall–Kier alpha value is -4.09. The van der Waals surface area contributed by atoms with Crippen molar-refractivity contribution in [2.75, 3.05) is 30.4 Å². The molecule has 5 heterocycles. The smallest absolute Gasteiger partial charge is 0.352 e. The summed E-state index contributed by atoms with van der Waals surface area (Å²) in [6.07, 6.45) is 4.41. The van der Waals surface area contributed by atoms with E-state index in [9.17, 15) is 24.3 Å². The topological polar surface area (TPSA) is 185 Å². The summed E-state index contributed by atoms with van der Waals surface area (Å²) in [6, 6.07) is 4.85. The van der Waals surface area contributed by atoms with Crippen molar-refractivity contribution in [1.82, 2.24) is 24.9 Å². The number of fused-ring (bicyclic) bond motifs is 2. The van der Waals surface area contributed by atoms with Gasteiger partial charge in [0.1, 0.15) is 48.4 Å². The molecule has 2 atom stereocenters. The van der Waals surface area contributed by atoms with Gasteiger partial charge in [0.2, 0.25) is 6.41 Å². The SMILES string of the molecule is CCO/N=C(\C(=O)N[C@@H]1C(=O)N2C(C(=O)O)=C(C[n+]3ccn4c(SCCNC=O)cccc43)CS[C@H]12)c1csc(N)n1. The number of pyridine rings is 1. The monoisotopic (exact) mass is 631 g/mol. The van der Waals surface area contributed by atoms with E-state index in [-0.39, 0.29) is 35.4 Å². The van der Waals surface area contributed by atoms with Crippen molar-refractivity contribution in [2.24, 2.45) is 5.16 Å². The minimum atomic E-state index is -1.21. The summed E-state index contributed by atoms with van der Waals surface area (Å²) in [5.74, 6) is -1.38. The number of rotatable bonds is 13. The Kier molecular flexibility index (Phi) is 8.98. The molecule has 5 N–H and O–H groups in total. The zero-order valence-electron chi connectivity index (χ0n) is 22.3. The maximum atomic E-state index is 13.2. The molecule has 0 unspecified atom stereocenters. The van der Waals surface area contributed by atoms with Gasteiger partial charge < -0.3 is 26.3 Å². The molecule has 2 aliphatic heterocycles. The number of hydrogen-bond donors (Lipinski definition) is 4. The lowest BCUT2D eigenvalue weighted by Crippen LogP contribution is -2.71. The van der Waals surface area contributed by atoms with E-state index < -0.39 is 29.2 Å². The number of oxime groups is 1. The predicted molar refractivity (Wildman–Crippen MR) is 157 cm³/mol. The number of amides is 3. The number of aliphatic carboxylic acids is 1. The Labute approximate surface area is 252 Å². The first-order valence-corrected chi connectivity index (χ1v) is 15.7. The van der Waals surface area contributed by atoms with Gasteiger partial charge in [0.15, 0.2) is 15.9 Å². The van der Waals surface area contributed by atoms with Crippen LogP contribution in [0, 0.1) is 0 Å². The average molecular weight is 632 g/mol. The Bertz CT molecular complexity index is 1600. The molecule has 0 spiro atoms. The van der Waals surface area contributed by atoms with Crippen molar-refractivity contribution in [3.63, 3.8) is 0 Å². The molecular formula is C25H27N8O6S3+. The maximum Gasteiger partial charge on any atom is 0.352 e.